The predicted octanol–water partition coefficient (Wildman–Crippen LogP) is 2.75. The molecule has 0 bridgehead atoms. The second-order valence-corrected chi connectivity index (χ2v) is 8.05. The molecule has 1 amide bonds. The summed E-state index contributed by atoms with van der Waals surface area (Å²) in [4.78, 5) is 32.4. The number of nitrogens with one attached hydrogen (secondary N) is 1. The lowest BCUT2D eigenvalue weighted by molar-refractivity contribution is -0.122. The zero-order valence-corrected chi connectivity index (χ0v) is 17.7. The molecule has 30 heavy (non-hydrogen) atoms. The van der Waals surface area contributed by atoms with Gasteiger partial charge in [-0.25, -0.2) is 4.98 Å². The second-order valence-electron chi connectivity index (χ2n) is 6.37. The fourth-order valence-corrected chi connectivity index (χ4v) is 4.20. The van der Waals surface area contributed by atoms with Gasteiger partial charge in [0.1, 0.15) is 21.5 Å². The van der Waals surface area contributed by atoms with Crippen molar-refractivity contribution in [1.29, 1.82) is 0 Å². The number of fused-ring (bicyclic) bond motifs is 1. The van der Waals surface area contributed by atoms with Crippen LogP contribution in [0.1, 0.15) is 11.3 Å². The summed E-state index contributed by atoms with van der Waals surface area (Å²) in [6.45, 7) is 1.15. The molecule has 3 aromatic heterocycles. The van der Waals surface area contributed by atoms with E-state index in [0.29, 0.717) is 39.6 Å². The van der Waals surface area contributed by atoms with E-state index in [-0.39, 0.29) is 23.6 Å². The molecule has 154 valence electrons. The minimum atomic E-state index is -0.281. The van der Waals surface area contributed by atoms with Crippen molar-refractivity contribution in [3.8, 4) is 0 Å². The van der Waals surface area contributed by atoms with Gasteiger partial charge in [-0.1, -0.05) is 30.0 Å². The monoisotopic (exact) mass is 442 g/mol. The first-order valence-corrected chi connectivity index (χ1v) is 10.3. The van der Waals surface area contributed by atoms with Crippen LogP contribution in [0.25, 0.3) is 11.7 Å². The van der Waals surface area contributed by atoms with Crippen LogP contribution in [0.15, 0.2) is 56.9 Å². The average molecular weight is 443 g/mol. The first kappa shape index (κ1) is 20.3. The molecule has 0 aromatic carbocycles. The molecule has 0 atom stereocenters. The average Bonchev–Trinajstić information content (AvgIpc) is 3.35. The Morgan fingerprint density at radius 3 is 2.93 bits per heavy atom. The summed E-state index contributed by atoms with van der Waals surface area (Å²) in [6, 6.07) is 8.83. The number of anilines is 1. The summed E-state index contributed by atoms with van der Waals surface area (Å²) in [7, 11) is 1.59. The molecule has 1 aliphatic heterocycles. The third kappa shape index (κ3) is 4.02. The Morgan fingerprint density at radius 1 is 1.30 bits per heavy atom. The topological polar surface area (TPSA) is 89.1 Å². The third-order valence-electron chi connectivity index (χ3n) is 4.41. The summed E-state index contributed by atoms with van der Waals surface area (Å²) in [5.74, 6) is 0.739. The van der Waals surface area contributed by atoms with Crippen LogP contribution in [0, 0.1) is 0 Å². The molecule has 0 spiro atoms. The SMILES string of the molecule is COCCNc1nc2ccccn2c(=O)c1/C=C1\SC(=S)N(Cc2ccco2)C1=O. The molecule has 3 aromatic rings. The molecular weight excluding hydrogens is 424 g/mol. The van der Waals surface area contributed by atoms with Crippen LogP contribution in [0.5, 0.6) is 0 Å². The highest BCUT2D eigenvalue weighted by Gasteiger charge is 2.33. The molecule has 8 nitrogen and oxygen atoms in total. The van der Waals surface area contributed by atoms with Gasteiger partial charge in [-0.2, -0.15) is 0 Å². The lowest BCUT2D eigenvalue weighted by atomic mass is 10.2. The van der Waals surface area contributed by atoms with Crippen molar-refractivity contribution in [3.63, 3.8) is 0 Å². The van der Waals surface area contributed by atoms with Crippen molar-refractivity contribution in [3.05, 3.63) is 69.4 Å². The van der Waals surface area contributed by atoms with Crippen molar-refractivity contribution in [2.75, 3.05) is 25.6 Å². The molecule has 4 rings (SSSR count). The summed E-state index contributed by atoms with van der Waals surface area (Å²) in [5, 5.41) is 3.12. The fourth-order valence-electron chi connectivity index (χ4n) is 2.96. The molecule has 1 aliphatic rings. The van der Waals surface area contributed by atoms with Crippen molar-refractivity contribution in [1.82, 2.24) is 14.3 Å². The first-order valence-electron chi connectivity index (χ1n) is 9.10. The van der Waals surface area contributed by atoms with Crippen LogP contribution >= 0.6 is 24.0 Å². The zero-order chi connectivity index (χ0) is 21.1. The smallest absolute Gasteiger partial charge is 0.267 e. The van der Waals surface area contributed by atoms with Gasteiger partial charge in [-0.15, -0.1) is 0 Å². The fraction of sp³-hybridized carbons (Fsp3) is 0.200. The zero-order valence-electron chi connectivity index (χ0n) is 16.0. The van der Waals surface area contributed by atoms with E-state index >= 15 is 0 Å². The number of carbonyl (C=O) groups excluding carboxylic acids is 1. The predicted molar refractivity (Wildman–Crippen MR) is 119 cm³/mol. The number of thiocarbonyl (C=S) groups is 1. The highest BCUT2D eigenvalue weighted by atomic mass is 32.2. The van der Waals surface area contributed by atoms with Gasteiger partial charge in [-0.3, -0.25) is 18.9 Å². The Morgan fingerprint density at radius 2 is 2.17 bits per heavy atom. The van der Waals surface area contributed by atoms with Crippen LogP contribution in [0.4, 0.5) is 5.82 Å². The van der Waals surface area contributed by atoms with Gasteiger partial charge < -0.3 is 14.5 Å². The first-order chi connectivity index (χ1) is 14.6. The highest BCUT2D eigenvalue weighted by Crippen LogP contribution is 2.34. The van der Waals surface area contributed by atoms with E-state index < -0.39 is 0 Å². The van der Waals surface area contributed by atoms with Gasteiger partial charge in [0, 0.05) is 19.9 Å². The van der Waals surface area contributed by atoms with E-state index in [0.717, 1.165) is 11.8 Å². The van der Waals surface area contributed by atoms with Crippen molar-refractivity contribution >= 4 is 51.7 Å². The molecule has 1 N–H and O–H groups in total. The van der Waals surface area contributed by atoms with E-state index in [4.69, 9.17) is 21.4 Å². The number of aromatic nitrogens is 2. The number of methoxy groups -OCH3 is 1. The quantitative estimate of drug-likeness (QED) is 0.339. The van der Waals surface area contributed by atoms with Gasteiger partial charge in [-0.05, 0) is 30.3 Å². The Balaban J connectivity index is 1.72. The van der Waals surface area contributed by atoms with Crippen molar-refractivity contribution in [2.45, 2.75) is 6.54 Å². The van der Waals surface area contributed by atoms with Crippen molar-refractivity contribution in [2.24, 2.45) is 0 Å². The number of nitrogens with zero attached hydrogens (tertiary/aromatic N) is 3. The van der Waals surface area contributed by atoms with Gasteiger partial charge in [0.15, 0.2) is 0 Å². The largest absolute Gasteiger partial charge is 0.467 e. The number of amides is 1. The summed E-state index contributed by atoms with van der Waals surface area (Å²) < 4.78 is 12.2. The Hall–Kier alpha value is -2.95. The maximum Gasteiger partial charge on any atom is 0.267 e. The standard InChI is InChI=1S/C20H18N4O4S2/c1-27-10-7-21-17-14(18(25)23-8-3-2-6-16(23)22-17)11-15-19(26)24(20(29)30-15)12-13-5-4-9-28-13/h2-6,8-9,11,21H,7,10,12H2,1H3/b15-11-. The molecular formula is C20H18N4O4S2. The molecule has 0 aliphatic carbocycles. The Labute approximate surface area is 181 Å². The number of carbonyl (C=O) groups is 1. The van der Waals surface area contributed by atoms with Gasteiger partial charge in [0.05, 0.1) is 29.9 Å². The molecule has 1 fully saturated rings. The number of ether oxygens (including phenoxy) is 1. The van der Waals surface area contributed by atoms with E-state index in [9.17, 15) is 9.59 Å². The lowest BCUT2D eigenvalue weighted by Gasteiger charge is -2.12. The maximum atomic E-state index is 13.1. The lowest BCUT2D eigenvalue weighted by Crippen LogP contribution is -2.27. The van der Waals surface area contributed by atoms with E-state index in [2.05, 4.69) is 10.3 Å². The van der Waals surface area contributed by atoms with Crippen LogP contribution < -0.4 is 10.9 Å². The Kier molecular flexibility index (Phi) is 5.98. The number of thioether (sulfide) groups is 1. The molecule has 0 saturated carbocycles. The Bertz CT molecular complexity index is 1190. The number of pyridine rings is 1. The van der Waals surface area contributed by atoms with Crippen molar-refractivity contribution < 1.29 is 13.9 Å². The number of rotatable bonds is 7. The molecule has 0 radical (unpaired) electrons. The van der Waals surface area contributed by atoms with Crippen LogP contribution in [-0.4, -0.2) is 44.8 Å². The van der Waals surface area contributed by atoms with Crippen LogP contribution in [0.2, 0.25) is 0 Å². The second kappa shape index (κ2) is 8.82. The van der Waals surface area contributed by atoms with E-state index in [1.165, 1.54) is 9.30 Å². The van der Waals surface area contributed by atoms with E-state index in [1.54, 1.807) is 56.0 Å². The number of furan rings is 1. The normalized spacial score (nSPS) is 15.5. The summed E-state index contributed by atoms with van der Waals surface area (Å²) in [5.41, 5.74) is 0.509. The summed E-state index contributed by atoms with van der Waals surface area (Å²) >= 11 is 6.52. The minimum absolute atomic E-state index is 0.239. The maximum absolute atomic E-state index is 13.1. The molecule has 1 saturated heterocycles. The van der Waals surface area contributed by atoms with Gasteiger partial charge >= 0.3 is 0 Å². The number of hydrogen-bond acceptors (Lipinski definition) is 8. The summed E-state index contributed by atoms with van der Waals surface area (Å²) in [6.07, 6.45) is 4.73. The van der Waals surface area contributed by atoms with E-state index in [1.807, 2.05) is 0 Å². The number of hydrogen-bond donors (Lipinski definition) is 1. The van der Waals surface area contributed by atoms with Gasteiger partial charge in [0.2, 0.25) is 0 Å². The van der Waals surface area contributed by atoms with Crippen LogP contribution in [-0.2, 0) is 16.1 Å². The molecule has 4 heterocycles. The third-order valence-corrected chi connectivity index (χ3v) is 5.79. The van der Waals surface area contributed by atoms with Crippen LogP contribution in [0.3, 0.4) is 0 Å². The highest BCUT2D eigenvalue weighted by molar-refractivity contribution is 8.26. The van der Waals surface area contributed by atoms with Gasteiger partial charge in [0.25, 0.3) is 11.5 Å². The molecule has 0 unspecified atom stereocenters. The molecule has 10 heteroatoms. The minimum Gasteiger partial charge on any atom is -0.467 e.